The molecule has 0 aliphatic carbocycles. The molecule has 1 heterocycles. The molecule has 5 heteroatoms. The molecule has 0 aliphatic heterocycles. The molecule has 0 unspecified atom stereocenters. The Hall–Kier alpha value is -2.00. The first-order valence-corrected chi connectivity index (χ1v) is 6.31. The van der Waals surface area contributed by atoms with Gasteiger partial charge in [-0.05, 0) is 30.5 Å². The summed E-state index contributed by atoms with van der Waals surface area (Å²) in [5, 5.41) is 3.57. The van der Waals surface area contributed by atoms with Gasteiger partial charge in [-0.15, -0.1) is 0 Å². The third kappa shape index (κ3) is 2.63. The summed E-state index contributed by atoms with van der Waals surface area (Å²) in [6, 6.07) is 8.17. The van der Waals surface area contributed by atoms with Gasteiger partial charge in [0.05, 0.1) is 11.0 Å². The lowest BCUT2D eigenvalue weighted by Gasteiger charge is -2.07. The lowest BCUT2D eigenvalue weighted by Crippen LogP contribution is -2.04. The lowest BCUT2D eigenvalue weighted by molar-refractivity contribution is 0.625. The van der Waals surface area contributed by atoms with Gasteiger partial charge in [-0.25, -0.2) is 4.98 Å². The van der Waals surface area contributed by atoms with Crippen LogP contribution < -0.4 is 0 Å². The number of aromatic nitrogens is 2. The molecular weight excluding hydrogens is 226 g/mol. The molecule has 0 saturated heterocycles. The average molecular weight is 243 g/mol. The average Bonchev–Trinajstić information content (AvgIpc) is 2.73. The summed E-state index contributed by atoms with van der Waals surface area (Å²) in [5.41, 5.74) is 10.5. The molecule has 0 spiro atoms. The predicted octanol–water partition coefficient (Wildman–Crippen LogP) is 3.69. The molecule has 0 aliphatic rings. The molecule has 0 N–H and O–H groups in total. The number of imidazole rings is 1. The number of rotatable bonds is 6. The quantitative estimate of drug-likeness (QED) is 0.330. The van der Waals surface area contributed by atoms with E-state index < -0.39 is 0 Å². The highest BCUT2D eigenvalue weighted by Gasteiger charge is 2.08. The van der Waals surface area contributed by atoms with Gasteiger partial charge in [-0.1, -0.05) is 24.2 Å². The van der Waals surface area contributed by atoms with Gasteiger partial charge in [-0.2, -0.15) is 0 Å². The molecule has 0 fully saturated rings. The fourth-order valence-corrected chi connectivity index (χ4v) is 2.13. The van der Waals surface area contributed by atoms with Crippen molar-refractivity contribution in [3.05, 3.63) is 40.5 Å². The number of hydrogen-bond donors (Lipinski definition) is 0. The molecule has 0 amide bonds. The smallest absolute Gasteiger partial charge is 0.109 e. The highest BCUT2D eigenvalue weighted by Crippen LogP contribution is 2.17. The van der Waals surface area contributed by atoms with E-state index in [1.165, 1.54) is 5.52 Å². The first-order valence-electron chi connectivity index (χ1n) is 6.31. The van der Waals surface area contributed by atoms with E-state index in [-0.39, 0.29) is 0 Å². The van der Waals surface area contributed by atoms with Crippen molar-refractivity contribution in [3.63, 3.8) is 0 Å². The maximum atomic E-state index is 8.27. The zero-order chi connectivity index (χ0) is 12.8. The Balaban J connectivity index is 2.26. The van der Waals surface area contributed by atoms with E-state index in [2.05, 4.69) is 32.6 Å². The first-order chi connectivity index (χ1) is 8.86. The molecule has 2 rings (SSSR count). The second-order valence-electron chi connectivity index (χ2n) is 4.23. The van der Waals surface area contributed by atoms with E-state index in [0.717, 1.165) is 37.1 Å². The molecular formula is C13H17N5. The molecule has 2 aromatic rings. The number of aryl methyl sites for hydroxylation is 2. The van der Waals surface area contributed by atoms with Gasteiger partial charge in [0.2, 0.25) is 0 Å². The summed E-state index contributed by atoms with van der Waals surface area (Å²) in [7, 11) is 0. The predicted molar refractivity (Wildman–Crippen MR) is 72.4 cm³/mol. The molecule has 94 valence electrons. The molecule has 1 aromatic carbocycles. The molecule has 0 atom stereocenters. The maximum Gasteiger partial charge on any atom is 0.109 e. The number of para-hydroxylation sites is 2. The van der Waals surface area contributed by atoms with Crippen molar-refractivity contribution in [2.24, 2.45) is 5.11 Å². The second kappa shape index (κ2) is 6.07. The van der Waals surface area contributed by atoms with Gasteiger partial charge in [0.15, 0.2) is 0 Å². The van der Waals surface area contributed by atoms with Crippen LogP contribution in [0.3, 0.4) is 0 Å². The Kier molecular flexibility index (Phi) is 4.20. The lowest BCUT2D eigenvalue weighted by atomic mass is 10.3. The normalized spacial score (nSPS) is 10.5. The van der Waals surface area contributed by atoms with Crippen LogP contribution in [0.25, 0.3) is 21.5 Å². The van der Waals surface area contributed by atoms with Crippen LogP contribution in [-0.4, -0.2) is 16.1 Å². The van der Waals surface area contributed by atoms with Crippen molar-refractivity contribution >= 4 is 11.0 Å². The van der Waals surface area contributed by atoms with E-state index in [1.54, 1.807) is 0 Å². The van der Waals surface area contributed by atoms with E-state index in [9.17, 15) is 0 Å². The van der Waals surface area contributed by atoms with Crippen LogP contribution in [-0.2, 0) is 13.0 Å². The van der Waals surface area contributed by atoms with Crippen molar-refractivity contribution in [3.8, 4) is 0 Å². The zero-order valence-electron chi connectivity index (χ0n) is 10.6. The SMILES string of the molecule is CCCc1nc2ccccc2n1CCCN=[N+]=[N-]. The van der Waals surface area contributed by atoms with Gasteiger partial charge >= 0.3 is 0 Å². The number of nitrogens with zero attached hydrogens (tertiary/aromatic N) is 5. The van der Waals surface area contributed by atoms with Gasteiger partial charge in [-0.3, -0.25) is 0 Å². The molecule has 18 heavy (non-hydrogen) atoms. The summed E-state index contributed by atoms with van der Waals surface area (Å²) >= 11 is 0. The van der Waals surface area contributed by atoms with Crippen molar-refractivity contribution < 1.29 is 0 Å². The van der Waals surface area contributed by atoms with Gasteiger partial charge in [0, 0.05) is 24.4 Å². The zero-order valence-corrected chi connectivity index (χ0v) is 10.6. The van der Waals surface area contributed by atoms with Crippen molar-refractivity contribution in [2.45, 2.75) is 32.7 Å². The minimum absolute atomic E-state index is 0.536. The topological polar surface area (TPSA) is 66.6 Å². The first kappa shape index (κ1) is 12.5. The van der Waals surface area contributed by atoms with Crippen molar-refractivity contribution in [1.29, 1.82) is 0 Å². The fourth-order valence-electron chi connectivity index (χ4n) is 2.13. The van der Waals surface area contributed by atoms with Crippen molar-refractivity contribution in [1.82, 2.24) is 9.55 Å². The molecule has 5 nitrogen and oxygen atoms in total. The fraction of sp³-hybridized carbons (Fsp3) is 0.462. The number of hydrogen-bond acceptors (Lipinski definition) is 2. The number of azide groups is 1. The van der Waals surface area contributed by atoms with Crippen LogP contribution in [0.15, 0.2) is 29.4 Å². The summed E-state index contributed by atoms with van der Waals surface area (Å²) < 4.78 is 2.24. The molecule has 0 bridgehead atoms. The van der Waals surface area contributed by atoms with Crippen molar-refractivity contribution in [2.75, 3.05) is 6.54 Å². The minimum atomic E-state index is 0.536. The van der Waals surface area contributed by atoms with Crippen LogP contribution in [0.4, 0.5) is 0 Å². The standard InChI is InChI=1S/C13H17N5/c1-2-6-13-16-11-7-3-4-8-12(11)18(13)10-5-9-15-17-14/h3-4,7-8H,2,5-6,9-10H2,1H3. The second-order valence-corrected chi connectivity index (χ2v) is 4.23. The van der Waals surface area contributed by atoms with E-state index in [4.69, 9.17) is 5.53 Å². The Morgan fingerprint density at radius 1 is 1.39 bits per heavy atom. The van der Waals surface area contributed by atoms with Gasteiger partial charge in [0.25, 0.3) is 0 Å². The summed E-state index contributed by atoms with van der Waals surface area (Å²) in [6.07, 6.45) is 2.91. The summed E-state index contributed by atoms with van der Waals surface area (Å²) in [4.78, 5) is 7.44. The molecule has 0 saturated carbocycles. The van der Waals surface area contributed by atoms with Crippen LogP contribution >= 0.6 is 0 Å². The Morgan fingerprint density at radius 3 is 3.00 bits per heavy atom. The molecule has 1 aromatic heterocycles. The summed E-state index contributed by atoms with van der Waals surface area (Å²) in [5.74, 6) is 1.12. The highest BCUT2D eigenvalue weighted by molar-refractivity contribution is 5.75. The maximum absolute atomic E-state index is 8.27. The third-order valence-electron chi connectivity index (χ3n) is 2.91. The van der Waals surface area contributed by atoms with Crippen LogP contribution in [0.2, 0.25) is 0 Å². The largest absolute Gasteiger partial charge is 0.328 e. The van der Waals surface area contributed by atoms with E-state index in [1.807, 2.05) is 18.2 Å². The number of fused-ring (bicyclic) bond motifs is 1. The Morgan fingerprint density at radius 2 is 2.22 bits per heavy atom. The third-order valence-corrected chi connectivity index (χ3v) is 2.91. The highest BCUT2D eigenvalue weighted by atomic mass is 15.1. The van der Waals surface area contributed by atoms with Crippen LogP contribution in [0, 0.1) is 0 Å². The summed E-state index contributed by atoms with van der Waals surface area (Å²) in [6.45, 7) is 3.55. The van der Waals surface area contributed by atoms with Gasteiger partial charge in [0.1, 0.15) is 5.82 Å². The van der Waals surface area contributed by atoms with E-state index in [0.29, 0.717) is 6.54 Å². The van der Waals surface area contributed by atoms with Crippen LogP contribution in [0.1, 0.15) is 25.6 Å². The van der Waals surface area contributed by atoms with Crippen LogP contribution in [0.5, 0.6) is 0 Å². The van der Waals surface area contributed by atoms with E-state index >= 15 is 0 Å². The minimum Gasteiger partial charge on any atom is -0.328 e. The number of benzene rings is 1. The molecule has 0 radical (unpaired) electrons. The Bertz CT molecular complexity index is 566. The monoisotopic (exact) mass is 243 g/mol. The Labute approximate surface area is 106 Å². The van der Waals surface area contributed by atoms with Gasteiger partial charge < -0.3 is 4.57 Å².